The van der Waals surface area contributed by atoms with E-state index in [9.17, 15) is 13.2 Å². The van der Waals surface area contributed by atoms with Crippen LogP contribution < -0.4 is 0 Å². The van der Waals surface area contributed by atoms with Gasteiger partial charge in [-0.15, -0.1) is 0 Å². The molecular weight excluding hydrogens is 145 g/mol. The first-order chi connectivity index (χ1) is 4.50. The molecule has 10 heavy (non-hydrogen) atoms. The van der Waals surface area contributed by atoms with Gasteiger partial charge in [-0.3, -0.25) is 4.68 Å². The van der Waals surface area contributed by atoms with Gasteiger partial charge < -0.3 is 0 Å². The fraction of sp³-hybridized carbons (Fsp3) is 0.200. The van der Waals surface area contributed by atoms with Gasteiger partial charge in [-0.2, -0.15) is 18.3 Å². The summed E-state index contributed by atoms with van der Waals surface area (Å²) in [7, 11) is 3.16. The molecule has 0 saturated heterocycles. The van der Waals surface area contributed by atoms with Gasteiger partial charge in [0.25, 0.3) is 0 Å². The van der Waals surface area contributed by atoms with Crippen molar-refractivity contribution in [3.05, 3.63) is 25.0 Å². The second-order valence-electron chi connectivity index (χ2n) is 1.77. The van der Waals surface area contributed by atoms with Crippen molar-refractivity contribution in [3.63, 3.8) is 0 Å². The highest BCUT2D eigenvalue weighted by molar-refractivity contribution is 5.08. The van der Waals surface area contributed by atoms with Crippen LogP contribution in [0.2, 0.25) is 0 Å². The molecule has 1 radical (unpaired) electrons. The Kier molecular flexibility index (Phi) is 1.42. The van der Waals surface area contributed by atoms with Crippen LogP contribution in [0.5, 0.6) is 0 Å². The maximum Gasteiger partial charge on any atom is 0.419 e. The molecule has 0 N–H and O–H groups in total. The molecule has 2 nitrogen and oxygen atoms in total. The average molecular weight is 149 g/mol. The van der Waals surface area contributed by atoms with E-state index in [1.54, 1.807) is 0 Å². The summed E-state index contributed by atoms with van der Waals surface area (Å²) in [6.07, 6.45) is -2.76. The molecule has 1 aromatic rings. The lowest BCUT2D eigenvalue weighted by Crippen LogP contribution is -2.02. The van der Waals surface area contributed by atoms with E-state index in [-0.39, 0.29) is 0 Å². The van der Waals surface area contributed by atoms with Gasteiger partial charge >= 0.3 is 6.18 Å². The van der Waals surface area contributed by atoms with Crippen molar-refractivity contribution in [2.75, 3.05) is 0 Å². The van der Waals surface area contributed by atoms with Crippen molar-refractivity contribution in [2.45, 2.75) is 6.18 Å². The Morgan fingerprint density at radius 2 is 2.10 bits per heavy atom. The molecule has 55 valence electrons. The quantitative estimate of drug-likeness (QED) is 0.547. The summed E-state index contributed by atoms with van der Waals surface area (Å²) in [5.41, 5.74) is -0.775. The van der Waals surface area contributed by atoms with Gasteiger partial charge in [0, 0.05) is 6.20 Å². The lowest BCUT2D eigenvalue weighted by atomic mass is 10.4. The normalized spacial score (nSPS) is 12.0. The highest BCUT2D eigenvalue weighted by atomic mass is 19.4. The standard InChI is InChI=1S/C5H4F3N2/c1-10-3-4(2-9-10)5(6,7)8/h2-3H,1H2. The van der Waals surface area contributed by atoms with E-state index in [1.165, 1.54) is 0 Å². The largest absolute Gasteiger partial charge is 0.419 e. The van der Waals surface area contributed by atoms with Crippen LogP contribution in [0.3, 0.4) is 0 Å². The Balaban J connectivity index is 2.96. The molecule has 0 amide bonds. The van der Waals surface area contributed by atoms with Crippen molar-refractivity contribution in [1.82, 2.24) is 9.78 Å². The smallest absolute Gasteiger partial charge is 0.270 e. The summed E-state index contributed by atoms with van der Waals surface area (Å²) in [5.74, 6) is 0. The van der Waals surface area contributed by atoms with Crippen LogP contribution in [-0.4, -0.2) is 9.78 Å². The summed E-state index contributed by atoms with van der Waals surface area (Å²) >= 11 is 0. The topological polar surface area (TPSA) is 17.8 Å². The second-order valence-corrected chi connectivity index (χ2v) is 1.77. The number of hydrogen-bond donors (Lipinski definition) is 0. The second kappa shape index (κ2) is 2.00. The van der Waals surface area contributed by atoms with E-state index in [4.69, 9.17) is 0 Å². The Morgan fingerprint density at radius 1 is 1.50 bits per heavy atom. The fourth-order valence-electron chi connectivity index (χ4n) is 0.510. The van der Waals surface area contributed by atoms with E-state index in [1.807, 2.05) is 0 Å². The molecule has 0 aliphatic carbocycles. The minimum Gasteiger partial charge on any atom is -0.270 e. The van der Waals surface area contributed by atoms with Crippen LogP contribution in [0.4, 0.5) is 13.2 Å². The van der Waals surface area contributed by atoms with Crippen molar-refractivity contribution in [1.29, 1.82) is 0 Å². The summed E-state index contributed by atoms with van der Waals surface area (Å²) in [4.78, 5) is 0. The molecule has 0 spiro atoms. The molecule has 0 fully saturated rings. The third-order valence-electron chi connectivity index (χ3n) is 0.961. The number of aromatic nitrogens is 2. The number of halogens is 3. The molecule has 1 aromatic heterocycles. The number of nitrogens with zero attached hydrogens (tertiary/aromatic N) is 2. The summed E-state index contributed by atoms with van der Waals surface area (Å²) < 4.78 is 36.0. The average Bonchev–Trinajstić information content (AvgIpc) is 2.11. The van der Waals surface area contributed by atoms with Crippen molar-refractivity contribution >= 4 is 0 Å². The molecule has 0 aliphatic heterocycles. The minimum atomic E-state index is -4.31. The van der Waals surface area contributed by atoms with Crippen LogP contribution in [0.15, 0.2) is 12.4 Å². The highest BCUT2D eigenvalue weighted by Crippen LogP contribution is 2.28. The van der Waals surface area contributed by atoms with Crippen LogP contribution in [0.1, 0.15) is 5.56 Å². The first kappa shape index (κ1) is 7.11. The van der Waals surface area contributed by atoms with Gasteiger partial charge in [0.1, 0.15) is 0 Å². The zero-order chi connectivity index (χ0) is 7.78. The van der Waals surface area contributed by atoms with Crippen molar-refractivity contribution in [3.8, 4) is 0 Å². The molecule has 1 heterocycles. The van der Waals surface area contributed by atoms with E-state index in [2.05, 4.69) is 12.1 Å². The Morgan fingerprint density at radius 3 is 2.30 bits per heavy atom. The predicted molar refractivity (Wildman–Crippen MR) is 28.0 cm³/mol. The third kappa shape index (κ3) is 1.29. The lowest BCUT2D eigenvalue weighted by Gasteiger charge is -1.99. The van der Waals surface area contributed by atoms with Gasteiger partial charge in [0.15, 0.2) is 0 Å². The molecular formula is C5H4F3N2. The predicted octanol–water partition coefficient (Wildman–Crippen LogP) is 1.54. The molecule has 5 heteroatoms. The highest BCUT2D eigenvalue weighted by Gasteiger charge is 2.31. The molecule has 0 aliphatic rings. The summed E-state index contributed by atoms with van der Waals surface area (Å²) in [5, 5.41) is 3.27. The third-order valence-corrected chi connectivity index (χ3v) is 0.961. The number of alkyl halides is 3. The fourth-order valence-corrected chi connectivity index (χ4v) is 0.510. The van der Waals surface area contributed by atoms with E-state index in [0.29, 0.717) is 0 Å². The first-order valence-electron chi connectivity index (χ1n) is 2.43. The number of hydrogen-bond acceptors (Lipinski definition) is 1. The molecule has 0 bridgehead atoms. The van der Waals surface area contributed by atoms with Gasteiger partial charge in [-0.1, -0.05) is 0 Å². The number of rotatable bonds is 0. The van der Waals surface area contributed by atoms with Gasteiger partial charge in [-0.05, 0) is 0 Å². The van der Waals surface area contributed by atoms with Crippen LogP contribution in [-0.2, 0) is 6.18 Å². The first-order valence-corrected chi connectivity index (χ1v) is 2.43. The summed E-state index contributed by atoms with van der Waals surface area (Å²) in [6.45, 7) is 0. The molecule has 0 aromatic carbocycles. The maximum atomic E-state index is 11.7. The minimum absolute atomic E-state index is 0.729. The van der Waals surface area contributed by atoms with Crippen molar-refractivity contribution in [2.24, 2.45) is 0 Å². The SMILES string of the molecule is [CH2]n1cc(C(F)(F)F)cn1. The Bertz CT molecular complexity index is 225. The zero-order valence-corrected chi connectivity index (χ0v) is 4.89. The van der Waals surface area contributed by atoms with Gasteiger partial charge in [-0.25, -0.2) is 0 Å². The maximum absolute atomic E-state index is 11.7. The van der Waals surface area contributed by atoms with Crippen LogP contribution in [0, 0.1) is 7.05 Å². The monoisotopic (exact) mass is 149 g/mol. The lowest BCUT2D eigenvalue weighted by molar-refractivity contribution is -0.137. The zero-order valence-electron chi connectivity index (χ0n) is 4.89. The molecule has 0 atom stereocenters. The van der Waals surface area contributed by atoms with Crippen molar-refractivity contribution < 1.29 is 13.2 Å². The van der Waals surface area contributed by atoms with E-state index < -0.39 is 11.7 Å². The van der Waals surface area contributed by atoms with E-state index >= 15 is 0 Å². The van der Waals surface area contributed by atoms with Gasteiger partial charge in [0.2, 0.25) is 0 Å². The van der Waals surface area contributed by atoms with Crippen LogP contribution >= 0.6 is 0 Å². The Labute approximate surface area is 55.3 Å². The van der Waals surface area contributed by atoms with Crippen LogP contribution in [0.25, 0.3) is 0 Å². The molecule has 0 unspecified atom stereocenters. The molecule has 0 saturated carbocycles. The molecule has 1 rings (SSSR count). The summed E-state index contributed by atoms with van der Waals surface area (Å²) in [6, 6.07) is 0. The Hall–Kier alpha value is -1.00. The van der Waals surface area contributed by atoms with E-state index in [0.717, 1.165) is 17.1 Å². The van der Waals surface area contributed by atoms with Gasteiger partial charge in [0.05, 0.1) is 18.8 Å².